The number of carbonyl (C=O) groups excluding carboxylic acids is 1. The van der Waals surface area contributed by atoms with E-state index >= 15 is 0 Å². The molecule has 0 spiro atoms. The second-order valence-corrected chi connectivity index (χ2v) is 4.16. The van der Waals surface area contributed by atoms with Crippen LogP contribution >= 0.6 is 11.6 Å². The van der Waals surface area contributed by atoms with E-state index in [0.717, 1.165) is 0 Å². The van der Waals surface area contributed by atoms with E-state index in [4.69, 9.17) is 23.1 Å². The van der Waals surface area contributed by atoms with Gasteiger partial charge in [-0.15, -0.1) is 12.3 Å². The largest absolute Gasteiger partial charge is 0.478 e. The van der Waals surface area contributed by atoms with E-state index < -0.39 is 12.0 Å². The molecule has 3 N–H and O–H groups in total. The molecule has 1 aromatic rings. The zero-order valence-corrected chi connectivity index (χ0v) is 10.8. The number of amides is 2. The highest BCUT2D eigenvalue weighted by Gasteiger charge is 2.08. The number of unbranched alkanes of at least 4 members (excludes halogenated alkanes) is 1. The molecule has 0 unspecified atom stereocenters. The van der Waals surface area contributed by atoms with Crippen LogP contribution in [0.15, 0.2) is 18.2 Å². The monoisotopic (exact) mass is 280 g/mol. The van der Waals surface area contributed by atoms with Crippen molar-refractivity contribution in [2.24, 2.45) is 0 Å². The Kier molecular flexibility index (Phi) is 5.71. The lowest BCUT2D eigenvalue weighted by Gasteiger charge is -2.08. The van der Waals surface area contributed by atoms with E-state index in [9.17, 15) is 9.59 Å². The SMILES string of the molecule is C#CCCCNC(=O)Nc1cc(Cl)cc(C(=O)O)c1. The maximum atomic E-state index is 11.5. The number of carbonyl (C=O) groups is 2. The number of nitrogens with one attached hydrogen (secondary N) is 2. The third-order valence-electron chi connectivity index (χ3n) is 2.19. The summed E-state index contributed by atoms with van der Waals surface area (Å²) in [6, 6.07) is 3.67. The van der Waals surface area contributed by atoms with Crippen molar-refractivity contribution in [1.82, 2.24) is 5.32 Å². The van der Waals surface area contributed by atoms with Gasteiger partial charge in [-0.1, -0.05) is 11.6 Å². The summed E-state index contributed by atoms with van der Waals surface area (Å²) in [5, 5.41) is 14.2. The molecule has 0 aliphatic heterocycles. The first-order chi connectivity index (χ1) is 9.02. The lowest BCUT2D eigenvalue weighted by molar-refractivity contribution is 0.0697. The van der Waals surface area contributed by atoms with Crippen LogP contribution < -0.4 is 10.6 Å². The van der Waals surface area contributed by atoms with Crippen molar-refractivity contribution in [3.63, 3.8) is 0 Å². The summed E-state index contributed by atoms with van der Waals surface area (Å²) in [4.78, 5) is 22.3. The minimum absolute atomic E-state index is 0.00938. The highest BCUT2D eigenvalue weighted by Crippen LogP contribution is 2.19. The molecule has 1 aromatic carbocycles. The van der Waals surface area contributed by atoms with Gasteiger partial charge in [0.05, 0.1) is 5.56 Å². The molecule has 5 nitrogen and oxygen atoms in total. The van der Waals surface area contributed by atoms with Crippen LogP contribution in [0.2, 0.25) is 5.02 Å². The molecule has 19 heavy (non-hydrogen) atoms. The Morgan fingerprint density at radius 2 is 2.11 bits per heavy atom. The van der Waals surface area contributed by atoms with Crippen LogP contribution in [0.5, 0.6) is 0 Å². The fourth-order valence-corrected chi connectivity index (χ4v) is 1.59. The predicted octanol–water partition coefficient (Wildman–Crippen LogP) is 2.57. The molecule has 0 aliphatic rings. The Morgan fingerprint density at radius 1 is 1.37 bits per heavy atom. The number of benzene rings is 1. The van der Waals surface area contributed by atoms with Crippen LogP contribution in [-0.4, -0.2) is 23.7 Å². The van der Waals surface area contributed by atoms with E-state index in [1.807, 2.05) is 0 Å². The van der Waals surface area contributed by atoms with Gasteiger partial charge in [-0.3, -0.25) is 0 Å². The van der Waals surface area contributed by atoms with Crippen LogP contribution in [0.1, 0.15) is 23.2 Å². The highest BCUT2D eigenvalue weighted by molar-refractivity contribution is 6.31. The fraction of sp³-hybridized carbons (Fsp3) is 0.231. The molecular formula is C13H13ClN2O3. The summed E-state index contributed by atoms with van der Waals surface area (Å²) in [5.41, 5.74) is 0.328. The van der Waals surface area contributed by atoms with Crippen molar-refractivity contribution < 1.29 is 14.7 Å². The Hall–Kier alpha value is -2.19. The summed E-state index contributed by atoms with van der Waals surface area (Å²) in [6.45, 7) is 0.447. The van der Waals surface area contributed by atoms with Crippen molar-refractivity contribution in [2.45, 2.75) is 12.8 Å². The second kappa shape index (κ2) is 7.29. The number of hydrogen-bond acceptors (Lipinski definition) is 2. The normalized spacial score (nSPS) is 9.47. The van der Waals surface area contributed by atoms with Crippen molar-refractivity contribution in [2.75, 3.05) is 11.9 Å². The van der Waals surface area contributed by atoms with Crippen molar-refractivity contribution >= 4 is 29.3 Å². The maximum Gasteiger partial charge on any atom is 0.335 e. The average Bonchev–Trinajstić information content (AvgIpc) is 2.34. The van der Waals surface area contributed by atoms with Crippen LogP contribution in [0, 0.1) is 12.3 Å². The van der Waals surface area contributed by atoms with Gasteiger partial charge in [-0.25, -0.2) is 9.59 Å². The highest BCUT2D eigenvalue weighted by atomic mass is 35.5. The first kappa shape index (κ1) is 14.9. The van der Waals surface area contributed by atoms with E-state index in [2.05, 4.69) is 16.6 Å². The van der Waals surface area contributed by atoms with Crippen LogP contribution in [-0.2, 0) is 0 Å². The number of aromatic carboxylic acids is 1. The topological polar surface area (TPSA) is 78.4 Å². The molecule has 100 valence electrons. The number of hydrogen-bond donors (Lipinski definition) is 3. The molecule has 0 atom stereocenters. The zero-order chi connectivity index (χ0) is 14.3. The number of carboxylic acid groups (broad SMARTS) is 1. The predicted molar refractivity (Wildman–Crippen MR) is 73.5 cm³/mol. The molecule has 0 aromatic heterocycles. The Bertz CT molecular complexity index is 523. The molecule has 0 saturated heterocycles. The Balaban J connectivity index is 2.59. The fourth-order valence-electron chi connectivity index (χ4n) is 1.35. The van der Waals surface area contributed by atoms with Gasteiger partial charge in [0, 0.05) is 23.7 Å². The number of halogens is 1. The Labute approximate surface area is 116 Å². The first-order valence-electron chi connectivity index (χ1n) is 5.55. The third-order valence-corrected chi connectivity index (χ3v) is 2.40. The number of rotatable bonds is 5. The number of anilines is 1. The lowest BCUT2D eigenvalue weighted by atomic mass is 10.2. The summed E-state index contributed by atoms with van der Waals surface area (Å²) in [5.74, 6) is 1.35. The van der Waals surface area contributed by atoms with Gasteiger partial charge in [0.15, 0.2) is 0 Å². The van der Waals surface area contributed by atoms with E-state index in [0.29, 0.717) is 25.1 Å². The molecule has 0 aliphatic carbocycles. The molecule has 0 radical (unpaired) electrons. The minimum Gasteiger partial charge on any atom is -0.478 e. The zero-order valence-electron chi connectivity index (χ0n) is 10.1. The van der Waals surface area contributed by atoms with Gasteiger partial charge in [0.1, 0.15) is 0 Å². The smallest absolute Gasteiger partial charge is 0.335 e. The standard InChI is InChI=1S/C13H13ClN2O3/c1-2-3-4-5-15-13(19)16-11-7-9(12(17)18)6-10(14)8-11/h1,6-8H,3-5H2,(H,17,18)(H2,15,16,19). The quantitative estimate of drug-likeness (QED) is 0.573. The Morgan fingerprint density at radius 3 is 2.74 bits per heavy atom. The van der Waals surface area contributed by atoms with Gasteiger partial charge >= 0.3 is 12.0 Å². The molecule has 0 fully saturated rings. The lowest BCUT2D eigenvalue weighted by Crippen LogP contribution is -2.29. The molecule has 0 heterocycles. The van der Waals surface area contributed by atoms with Gasteiger partial charge in [-0.05, 0) is 24.6 Å². The summed E-state index contributed by atoms with van der Waals surface area (Å²) >= 11 is 5.77. The van der Waals surface area contributed by atoms with E-state index in [-0.39, 0.29) is 10.6 Å². The van der Waals surface area contributed by atoms with Crippen molar-refractivity contribution in [3.8, 4) is 12.3 Å². The van der Waals surface area contributed by atoms with E-state index in [1.165, 1.54) is 18.2 Å². The molecule has 1 rings (SSSR count). The van der Waals surface area contributed by atoms with Crippen molar-refractivity contribution in [3.05, 3.63) is 28.8 Å². The number of urea groups is 1. The first-order valence-corrected chi connectivity index (χ1v) is 5.93. The van der Waals surface area contributed by atoms with Gasteiger partial charge < -0.3 is 15.7 Å². The molecule has 6 heteroatoms. The van der Waals surface area contributed by atoms with Gasteiger partial charge in [-0.2, -0.15) is 0 Å². The summed E-state index contributed by atoms with van der Waals surface area (Å²) in [7, 11) is 0. The molecule has 2 amide bonds. The average molecular weight is 281 g/mol. The second-order valence-electron chi connectivity index (χ2n) is 3.72. The molecule has 0 saturated carbocycles. The molecule has 0 bridgehead atoms. The van der Waals surface area contributed by atoms with Crippen molar-refractivity contribution in [1.29, 1.82) is 0 Å². The van der Waals surface area contributed by atoms with Crippen LogP contribution in [0.25, 0.3) is 0 Å². The van der Waals surface area contributed by atoms with Gasteiger partial charge in [0.25, 0.3) is 0 Å². The third kappa shape index (κ3) is 5.32. The van der Waals surface area contributed by atoms with Crippen LogP contribution in [0.3, 0.4) is 0 Å². The van der Waals surface area contributed by atoms with Gasteiger partial charge in [0.2, 0.25) is 0 Å². The van der Waals surface area contributed by atoms with Crippen LogP contribution in [0.4, 0.5) is 10.5 Å². The summed E-state index contributed by atoms with van der Waals surface area (Å²) in [6.07, 6.45) is 6.35. The number of carboxylic acids is 1. The number of terminal acetylenes is 1. The minimum atomic E-state index is -1.11. The summed E-state index contributed by atoms with van der Waals surface area (Å²) < 4.78 is 0. The molecular weight excluding hydrogens is 268 g/mol. The van der Waals surface area contributed by atoms with E-state index in [1.54, 1.807) is 0 Å². The maximum absolute atomic E-state index is 11.5.